The molecule has 1 unspecified atom stereocenters. The molecule has 0 fully saturated rings. The fraction of sp³-hybridized carbons (Fsp3) is 0.235. The Kier molecular flexibility index (Phi) is 6.15. The Labute approximate surface area is 150 Å². The number of sulfonamides is 1. The predicted octanol–water partition coefficient (Wildman–Crippen LogP) is 3.78. The van der Waals surface area contributed by atoms with Crippen LogP contribution in [0.2, 0.25) is 0 Å². The van der Waals surface area contributed by atoms with E-state index in [-0.39, 0.29) is 16.8 Å². The molecule has 0 aliphatic heterocycles. The van der Waals surface area contributed by atoms with Gasteiger partial charge in [-0.2, -0.15) is 0 Å². The van der Waals surface area contributed by atoms with Gasteiger partial charge in [-0.1, -0.05) is 28.9 Å². The Hall–Kier alpha value is -1.70. The lowest BCUT2D eigenvalue weighted by Gasteiger charge is -2.12. The summed E-state index contributed by atoms with van der Waals surface area (Å²) in [6.45, 7) is 3.71. The molecule has 24 heavy (non-hydrogen) atoms. The molecule has 0 aliphatic rings. The van der Waals surface area contributed by atoms with Crippen molar-refractivity contribution in [3.8, 4) is 0 Å². The number of nitrogens with one attached hydrogen (secondary N) is 2. The average molecular weight is 411 g/mol. The highest BCUT2D eigenvalue weighted by molar-refractivity contribution is 9.10. The lowest BCUT2D eigenvalue weighted by Crippen LogP contribution is -2.32. The molecule has 2 N–H and O–H groups in total. The maximum atomic E-state index is 12.2. The van der Waals surface area contributed by atoms with Crippen molar-refractivity contribution in [1.82, 2.24) is 4.72 Å². The molecular formula is C17H19BrN2O3S. The highest BCUT2D eigenvalue weighted by Gasteiger charge is 2.17. The first kappa shape index (κ1) is 18.6. The summed E-state index contributed by atoms with van der Waals surface area (Å²) in [5.74, 6) is -0.299. The van der Waals surface area contributed by atoms with Crippen LogP contribution in [0, 0.1) is 0 Å². The Morgan fingerprint density at radius 3 is 2.42 bits per heavy atom. The van der Waals surface area contributed by atoms with Crippen LogP contribution in [0.4, 0.5) is 5.69 Å². The van der Waals surface area contributed by atoms with Gasteiger partial charge in [-0.25, -0.2) is 13.1 Å². The smallest absolute Gasteiger partial charge is 0.255 e. The van der Waals surface area contributed by atoms with E-state index in [9.17, 15) is 13.2 Å². The number of benzene rings is 2. The van der Waals surface area contributed by atoms with Crippen molar-refractivity contribution in [3.05, 3.63) is 58.6 Å². The fourth-order valence-electron chi connectivity index (χ4n) is 1.97. The fourth-order valence-corrected chi connectivity index (χ4v) is 3.70. The summed E-state index contributed by atoms with van der Waals surface area (Å²) in [4.78, 5) is 12.4. The minimum Gasteiger partial charge on any atom is -0.322 e. The second-order valence-corrected chi connectivity index (χ2v) is 8.05. The van der Waals surface area contributed by atoms with Crippen molar-refractivity contribution in [2.24, 2.45) is 0 Å². The number of carbonyl (C=O) groups excluding carboxylic acids is 1. The number of hydrogen-bond donors (Lipinski definition) is 2. The number of hydrogen-bond acceptors (Lipinski definition) is 3. The third-order valence-electron chi connectivity index (χ3n) is 3.48. The van der Waals surface area contributed by atoms with Crippen LogP contribution < -0.4 is 10.0 Å². The van der Waals surface area contributed by atoms with Crippen LogP contribution in [-0.2, 0) is 10.0 Å². The Morgan fingerprint density at radius 2 is 1.83 bits per heavy atom. The number of rotatable bonds is 6. The predicted molar refractivity (Wildman–Crippen MR) is 98.6 cm³/mol. The molecule has 0 heterocycles. The van der Waals surface area contributed by atoms with Crippen molar-refractivity contribution < 1.29 is 13.2 Å². The van der Waals surface area contributed by atoms with Gasteiger partial charge >= 0.3 is 0 Å². The van der Waals surface area contributed by atoms with Crippen LogP contribution in [0.3, 0.4) is 0 Å². The highest BCUT2D eigenvalue weighted by atomic mass is 79.9. The first-order valence-corrected chi connectivity index (χ1v) is 9.78. The van der Waals surface area contributed by atoms with E-state index in [1.165, 1.54) is 24.3 Å². The van der Waals surface area contributed by atoms with Crippen LogP contribution >= 0.6 is 15.9 Å². The summed E-state index contributed by atoms with van der Waals surface area (Å²) in [5.41, 5.74) is 1.04. The number of amides is 1. The molecule has 0 aromatic heterocycles. The Balaban J connectivity index is 2.12. The van der Waals surface area contributed by atoms with Crippen LogP contribution in [-0.4, -0.2) is 20.4 Å². The van der Waals surface area contributed by atoms with E-state index in [0.29, 0.717) is 17.7 Å². The third kappa shape index (κ3) is 4.90. The van der Waals surface area contributed by atoms with Crippen molar-refractivity contribution in [2.75, 3.05) is 5.32 Å². The van der Waals surface area contributed by atoms with Crippen molar-refractivity contribution in [2.45, 2.75) is 31.2 Å². The standard InChI is InChI=1S/C17H19BrN2O3S/c1-3-12(2)20-24(22,23)16-9-7-13(8-10-16)17(21)19-15-6-4-5-14(18)11-15/h4-12,20H,3H2,1-2H3,(H,19,21). The van der Waals surface area contributed by atoms with E-state index >= 15 is 0 Å². The van der Waals surface area contributed by atoms with E-state index in [4.69, 9.17) is 0 Å². The lowest BCUT2D eigenvalue weighted by atomic mass is 10.2. The molecule has 0 aliphatic carbocycles. The van der Waals surface area contributed by atoms with Crippen LogP contribution in [0.25, 0.3) is 0 Å². The van der Waals surface area contributed by atoms with Crippen molar-refractivity contribution in [3.63, 3.8) is 0 Å². The molecule has 0 saturated carbocycles. The second kappa shape index (κ2) is 7.92. The molecule has 5 nitrogen and oxygen atoms in total. The van der Waals surface area contributed by atoms with Gasteiger partial charge in [0.2, 0.25) is 10.0 Å². The minimum absolute atomic E-state index is 0.141. The van der Waals surface area contributed by atoms with Crippen molar-refractivity contribution >= 4 is 37.5 Å². The second-order valence-electron chi connectivity index (χ2n) is 5.42. The SMILES string of the molecule is CCC(C)NS(=O)(=O)c1ccc(C(=O)Nc2cccc(Br)c2)cc1. The van der Waals surface area contributed by atoms with E-state index in [2.05, 4.69) is 26.0 Å². The van der Waals surface area contributed by atoms with Gasteiger partial charge < -0.3 is 5.32 Å². The van der Waals surface area contributed by atoms with Gasteiger partial charge in [0.05, 0.1) is 4.90 Å². The van der Waals surface area contributed by atoms with Crippen LogP contribution in [0.15, 0.2) is 57.9 Å². The Morgan fingerprint density at radius 1 is 1.17 bits per heavy atom. The molecule has 2 aromatic rings. The maximum absolute atomic E-state index is 12.2. The molecule has 128 valence electrons. The van der Waals surface area contributed by atoms with Gasteiger partial charge in [0.1, 0.15) is 0 Å². The van der Waals surface area contributed by atoms with Gasteiger partial charge in [0, 0.05) is 21.8 Å². The zero-order valence-corrected chi connectivity index (χ0v) is 15.8. The van der Waals surface area contributed by atoms with Gasteiger partial charge in [-0.3, -0.25) is 4.79 Å². The summed E-state index contributed by atoms with van der Waals surface area (Å²) >= 11 is 3.34. The summed E-state index contributed by atoms with van der Waals surface area (Å²) in [6, 6.07) is 13.0. The monoisotopic (exact) mass is 410 g/mol. The molecule has 0 bridgehead atoms. The normalized spacial score (nSPS) is 12.6. The largest absolute Gasteiger partial charge is 0.322 e. The highest BCUT2D eigenvalue weighted by Crippen LogP contribution is 2.17. The third-order valence-corrected chi connectivity index (χ3v) is 5.58. The molecule has 2 aromatic carbocycles. The number of carbonyl (C=O) groups is 1. The summed E-state index contributed by atoms with van der Waals surface area (Å²) in [5, 5.41) is 2.76. The maximum Gasteiger partial charge on any atom is 0.255 e. The summed E-state index contributed by atoms with van der Waals surface area (Å²) in [7, 11) is -3.57. The van der Waals surface area contributed by atoms with E-state index in [0.717, 1.165) is 4.47 Å². The average Bonchev–Trinajstić information content (AvgIpc) is 2.54. The first-order valence-electron chi connectivity index (χ1n) is 7.51. The van der Waals surface area contributed by atoms with Gasteiger partial charge in [0.25, 0.3) is 5.91 Å². The summed E-state index contributed by atoms with van der Waals surface area (Å²) in [6.07, 6.45) is 0.701. The topological polar surface area (TPSA) is 75.3 Å². The first-order chi connectivity index (χ1) is 11.3. The molecule has 0 radical (unpaired) electrons. The number of anilines is 1. The van der Waals surface area contributed by atoms with E-state index < -0.39 is 10.0 Å². The quantitative estimate of drug-likeness (QED) is 0.760. The lowest BCUT2D eigenvalue weighted by molar-refractivity contribution is 0.102. The molecule has 1 amide bonds. The van der Waals surface area contributed by atoms with E-state index in [1.807, 2.05) is 19.1 Å². The summed E-state index contributed by atoms with van der Waals surface area (Å²) < 4.78 is 27.8. The van der Waals surface area contributed by atoms with Crippen molar-refractivity contribution in [1.29, 1.82) is 0 Å². The zero-order chi connectivity index (χ0) is 17.7. The van der Waals surface area contributed by atoms with Gasteiger partial charge in [-0.15, -0.1) is 0 Å². The zero-order valence-electron chi connectivity index (χ0n) is 13.4. The molecular weight excluding hydrogens is 392 g/mol. The van der Waals surface area contributed by atoms with Gasteiger partial charge in [0.15, 0.2) is 0 Å². The molecule has 2 rings (SSSR count). The van der Waals surface area contributed by atoms with E-state index in [1.54, 1.807) is 19.1 Å². The molecule has 0 spiro atoms. The molecule has 1 atom stereocenters. The Bertz CT molecular complexity index is 820. The molecule has 7 heteroatoms. The van der Waals surface area contributed by atoms with Crippen LogP contribution in [0.1, 0.15) is 30.6 Å². The molecule has 0 saturated heterocycles. The van der Waals surface area contributed by atoms with Crippen LogP contribution in [0.5, 0.6) is 0 Å². The number of halogens is 1. The minimum atomic E-state index is -3.57. The van der Waals surface area contributed by atoms with Gasteiger partial charge in [-0.05, 0) is 55.8 Å².